The first-order valence-electron chi connectivity index (χ1n) is 7.78. The van der Waals surface area contributed by atoms with Crippen LogP contribution in [0.25, 0.3) is 11.0 Å². The lowest BCUT2D eigenvalue weighted by Gasteiger charge is -2.11. The summed E-state index contributed by atoms with van der Waals surface area (Å²) in [7, 11) is 0. The van der Waals surface area contributed by atoms with E-state index in [1.807, 2.05) is 12.1 Å². The van der Waals surface area contributed by atoms with Gasteiger partial charge in [0.05, 0.1) is 5.39 Å². The summed E-state index contributed by atoms with van der Waals surface area (Å²) in [6, 6.07) is 7.20. The predicted octanol–water partition coefficient (Wildman–Crippen LogP) is 3.05. The molecule has 1 aliphatic carbocycles. The molecule has 0 bridgehead atoms. The Bertz CT molecular complexity index is 979. The van der Waals surface area contributed by atoms with Gasteiger partial charge in [-0.2, -0.15) is 4.68 Å². The summed E-state index contributed by atoms with van der Waals surface area (Å²) in [5.41, 5.74) is 9.31. The molecule has 3 N–H and O–H groups in total. The van der Waals surface area contributed by atoms with Gasteiger partial charge in [0.15, 0.2) is 23.1 Å². The van der Waals surface area contributed by atoms with Crippen molar-refractivity contribution in [1.82, 2.24) is 14.8 Å². The van der Waals surface area contributed by atoms with Crippen molar-refractivity contribution in [3.8, 4) is 0 Å². The Kier molecular flexibility index (Phi) is 3.23. The lowest BCUT2D eigenvalue weighted by molar-refractivity contribution is 0.0926. The van der Waals surface area contributed by atoms with Crippen LogP contribution in [0.2, 0.25) is 0 Å². The lowest BCUT2D eigenvalue weighted by Crippen LogP contribution is -2.09. The van der Waals surface area contributed by atoms with Crippen LogP contribution in [-0.2, 0) is 12.8 Å². The number of halogens is 1. The third kappa shape index (κ3) is 2.20. The fourth-order valence-corrected chi connectivity index (χ4v) is 3.21. The van der Waals surface area contributed by atoms with E-state index in [9.17, 15) is 9.18 Å². The number of carbonyl (C=O) groups excluding carboxylic acids is 1. The molecule has 4 rings (SSSR count). The van der Waals surface area contributed by atoms with Crippen LogP contribution in [0.5, 0.6) is 0 Å². The second-order valence-electron chi connectivity index (χ2n) is 5.93. The van der Waals surface area contributed by atoms with E-state index < -0.39 is 5.82 Å². The number of fused-ring (bicyclic) bond motifs is 2. The van der Waals surface area contributed by atoms with Gasteiger partial charge in [0.2, 0.25) is 5.91 Å². The van der Waals surface area contributed by atoms with Gasteiger partial charge in [-0.1, -0.05) is 12.1 Å². The molecule has 0 unspecified atom stereocenters. The zero-order valence-corrected chi connectivity index (χ0v) is 13.1. The number of nitrogen functional groups attached to an aromatic ring is 1. The van der Waals surface area contributed by atoms with Crippen molar-refractivity contribution in [1.29, 1.82) is 0 Å². The number of anilines is 3. The van der Waals surface area contributed by atoms with Crippen LogP contribution >= 0.6 is 0 Å². The minimum atomic E-state index is -0.534. The van der Waals surface area contributed by atoms with Crippen LogP contribution in [0, 0.1) is 5.82 Å². The lowest BCUT2D eigenvalue weighted by atomic mass is 10.1. The van der Waals surface area contributed by atoms with E-state index in [1.165, 1.54) is 24.1 Å². The molecule has 6 nitrogen and oxygen atoms in total. The molecule has 1 aliphatic rings. The number of rotatable bonds is 2. The number of benzene rings is 1. The molecule has 2 aromatic heterocycles. The number of nitrogens with two attached hydrogens (primary N) is 1. The molecule has 122 valence electrons. The van der Waals surface area contributed by atoms with Crippen molar-refractivity contribution in [2.45, 2.75) is 26.2 Å². The fourth-order valence-electron chi connectivity index (χ4n) is 3.21. The average Bonchev–Trinajstić information content (AvgIpc) is 3.14. The summed E-state index contributed by atoms with van der Waals surface area (Å²) >= 11 is 0. The van der Waals surface area contributed by atoms with Crippen LogP contribution in [0.3, 0.4) is 0 Å². The predicted molar refractivity (Wildman–Crippen MR) is 89.9 cm³/mol. The smallest absolute Gasteiger partial charge is 0.245 e. The summed E-state index contributed by atoms with van der Waals surface area (Å²) in [4.78, 5) is 15.9. The summed E-state index contributed by atoms with van der Waals surface area (Å²) in [5, 5.41) is 7.31. The number of pyridine rings is 1. The standard InChI is InChI=1S/C17H16FN5O/c1-9(24)23-17-12(15(19)22-23)8-13(18)16(21-17)20-14-7-3-5-10-4-2-6-11(10)14/h3,5,7-8H,2,4,6H2,1H3,(H2,19,22)(H,20,21). The topological polar surface area (TPSA) is 85.8 Å². The maximum absolute atomic E-state index is 14.4. The fraction of sp³-hybridized carbons (Fsp3) is 0.235. The molecule has 7 heteroatoms. The first kappa shape index (κ1) is 14.6. The summed E-state index contributed by atoms with van der Waals surface area (Å²) in [6.45, 7) is 1.36. The first-order chi connectivity index (χ1) is 11.5. The molecule has 0 spiro atoms. The van der Waals surface area contributed by atoms with E-state index in [1.54, 1.807) is 0 Å². The Morgan fingerprint density at radius 1 is 1.38 bits per heavy atom. The number of nitrogens with zero attached hydrogens (tertiary/aromatic N) is 3. The molecule has 2 heterocycles. The van der Waals surface area contributed by atoms with E-state index >= 15 is 0 Å². The van der Waals surface area contributed by atoms with Crippen molar-refractivity contribution in [2.75, 3.05) is 11.1 Å². The molecule has 1 aromatic carbocycles. The Morgan fingerprint density at radius 2 is 2.21 bits per heavy atom. The third-order valence-electron chi connectivity index (χ3n) is 4.34. The van der Waals surface area contributed by atoms with Crippen molar-refractivity contribution in [3.05, 3.63) is 41.2 Å². The van der Waals surface area contributed by atoms with Gasteiger partial charge in [0, 0.05) is 12.6 Å². The average molecular weight is 325 g/mol. The highest BCUT2D eigenvalue weighted by Gasteiger charge is 2.19. The van der Waals surface area contributed by atoms with Crippen LogP contribution in [0.15, 0.2) is 24.3 Å². The molecule has 0 radical (unpaired) electrons. The number of hydrogen-bond donors (Lipinski definition) is 2. The summed E-state index contributed by atoms with van der Waals surface area (Å²) in [6.07, 6.45) is 3.09. The minimum Gasteiger partial charge on any atom is -0.382 e. The minimum absolute atomic E-state index is 0.0604. The van der Waals surface area contributed by atoms with Gasteiger partial charge in [0.25, 0.3) is 0 Å². The molecule has 0 fully saturated rings. The highest BCUT2D eigenvalue weighted by atomic mass is 19.1. The number of nitrogens with one attached hydrogen (secondary N) is 1. The molecular weight excluding hydrogens is 309 g/mol. The highest BCUT2D eigenvalue weighted by Crippen LogP contribution is 2.32. The maximum atomic E-state index is 14.4. The molecule has 3 aromatic rings. The first-order valence-corrected chi connectivity index (χ1v) is 7.78. The van der Waals surface area contributed by atoms with Crippen LogP contribution in [0.1, 0.15) is 29.3 Å². The summed E-state index contributed by atoms with van der Waals surface area (Å²) in [5.74, 6) is -0.723. The van der Waals surface area contributed by atoms with Crippen molar-refractivity contribution in [3.63, 3.8) is 0 Å². The van der Waals surface area contributed by atoms with Crippen LogP contribution in [-0.4, -0.2) is 20.7 Å². The molecule has 0 aliphatic heterocycles. The third-order valence-corrected chi connectivity index (χ3v) is 4.34. The SMILES string of the molecule is CC(=O)n1nc(N)c2cc(F)c(Nc3cccc4c3CCC4)nc21. The number of hydrogen-bond acceptors (Lipinski definition) is 5. The van der Waals surface area contributed by atoms with E-state index in [0.29, 0.717) is 5.39 Å². The Balaban J connectivity index is 1.83. The van der Waals surface area contributed by atoms with E-state index in [0.717, 1.165) is 29.6 Å². The van der Waals surface area contributed by atoms with Gasteiger partial charge in [-0.3, -0.25) is 4.79 Å². The van der Waals surface area contributed by atoms with Gasteiger partial charge in [-0.25, -0.2) is 9.37 Å². The Hall–Kier alpha value is -2.96. The zero-order chi connectivity index (χ0) is 16.8. The molecule has 0 amide bonds. The van der Waals surface area contributed by atoms with Gasteiger partial charge in [-0.15, -0.1) is 5.10 Å². The normalized spacial score (nSPS) is 13.2. The quantitative estimate of drug-likeness (QED) is 0.756. The molecular formula is C17H16FN5O. The van der Waals surface area contributed by atoms with Crippen molar-refractivity contribution in [2.24, 2.45) is 0 Å². The second kappa shape index (κ2) is 5.30. The largest absolute Gasteiger partial charge is 0.382 e. The summed E-state index contributed by atoms with van der Waals surface area (Å²) < 4.78 is 15.5. The Morgan fingerprint density at radius 3 is 3.00 bits per heavy atom. The molecule has 24 heavy (non-hydrogen) atoms. The molecule has 0 atom stereocenters. The van der Waals surface area contributed by atoms with Gasteiger partial charge >= 0.3 is 0 Å². The zero-order valence-electron chi connectivity index (χ0n) is 13.1. The molecule has 0 saturated carbocycles. The van der Waals surface area contributed by atoms with E-state index in [2.05, 4.69) is 21.5 Å². The van der Waals surface area contributed by atoms with Gasteiger partial charge < -0.3 is 11.1 Å². The van der Waals surface area contributed by atoms with Crippen LogP contribution in [0.4, 0.5) is 21.7 Å². The van der Waals surface area contributed by atoms with E-state index in [4.69, 9.17) is 5.73 Å². The van der Waals surface area contributed by atoms with Crippen molar-refractivity contribution < 1.29 is 9.18 Å². The number of aromatic nitrogens is 3. The monoisotopic (exact) mass is 325 g/mol. The van der Waals surface area contributed by atoms with Gasteiger partial charge in [-0.05, 0) is 42.5 Å². The Labute approximate surface area is 137 Å². The van der Waals surface area contributed by atoms with Crippen molar-refractivity contribution >= 4 is 34.3 Å². The van der Waals surface area contributed by atoms with Gasteiger partial charge in [0.1, 0.15) is 0 Å². The number of aryl methyl sites for hydroxylation is 1. The highest BCUT2D eigenvalue weighted by molar-refractivity contribution is 5.94. The maximum Gasteiger partial charge on any atom is 0.245 e. The molecule has 0 saturated heterocycles. The van der Waals surface area contributed by atoms with Crippen LogP contribution < -0.4 is 11.1 Å². The van der Waals surface area contributed by atoms with E-state index in [-0.39, 0.29) is 23.2 Å². The number of carbonyl (C=O) groups is 1. The second-order valence-corrected chi connectivity index (χ2v) is 5.93.